The van der Waals surface area contributed by atoms with Crippen molar-refractivity contribution in [3.8, 4) is 0 Å². The lowest BCUT2D eigenvalue weighted by molar-refractivity contribution is 0.191. The number of rotatable bonds is 5. The van der Waals surface area contributed by atoms with Crippen LogP contribution in [-0.4, -0.2) is 39.7 Å². The SMILES string of the molecule is Cc1cc(NCC(O)c2cccnc2)nc(N2CCCC2)n1. The molecule has 2 aromatic heterocycles. The molecule has 1 fully saturated rings. The molecule has 1 aliphatic rings. The van der Waals surface area contributed by atoms with Crippen molar-refractivity contribution in [2.45, 2.75) is 25.9 Å². The van der Waals surface area contributed by atoms with Crippen molar-refractivity contribution in [1.82, 2.24) is 15.0 Å². The van der Waals surface area contributed by atoms with Gasteiger partial charge in [-0.05, 0) is 25.8 Å². The number of pyridine rings is 1. The van der Waals surface area contributed by atoms with E-state index in [1.54, 1.807) is 12.4 Å². The van der Waals surface area contributed by atoms with E-state index in [4.69, 9.17) is 0 Å². The molecule has 1 unspecified atom stereocenters. The van der Waals surface area contributed by atoms with Gasteiger partial charge in [0.2, 0.25) is 5.95 Å². The van der Waals surface area contributed by atoms with Gasteiger partial charge in [-0.2, -0.15) is 4.98 Å². The number of aromatic nitrogens is 3. The molecule has 6 nitrogen and oxygen atoms in total. The summed E-state index contributed by atoms with van der Waals surface area (Å²) in [6.07, 6.45) is 5.14. The van der Waals surface area contributed by atoms with Gasteiger partial charge in [0.15, 0.2) is 0 Å². The molecule has 0 aromatic carbocycles. The predicted molar refractivity (Wildman–Crippen MR) is 85.9 cm³/mol. The molecule has 1 saturated heterocycles. The van der Waals surface area contributed by atoms with Crippen molar-refractivity contribution in [3.05, 3.63) is 41.9 Å². The Bertz CT molecular complexity index is 613. The second kappa shape index (κ2) is 6.70. The van der Waals surface area contributed by atoms with Crippen molar-refractivity contribution in [1.29, 1.82) is 0 Å². The first-order valence-corrected chi connectivity index (χ1v) is 7.65. The number of nitrogens with one attached hydrogen (secondary N) is 1. The zero-order chi connectivity index (χ0) is 15.4. The molecular formula is C16H21N5O. The molecule has 116 valence electrons. The summed E-state index contributed by atoms with van der Waals surface area (Å²) < 4.78 is 0. The van der Waals surface area contributed by atoms with Crippen molar-refractivity contribution in [2.24, 2.45) is 0 Å². The standard InChI is InChI=1S/C16H21N5O/c1-12-9-15(20-16(19-12)21-7-2-3-8-21)18-11-14(22)13-5-4-6-17-10-13/h4-6,9-10,14,22H,2-3,7-8,11H2,1H3,(H,18,19,20). The first kappa shape index (κ1) is 14.7. The molecule has 0 saturated carbocycles. The Kier molecular flexibility index (Phi) is 4.48. The number of hydrogen-bond acceptors (Lipinski definition) is 6. The minimum Gasteiger partial charge on any atom is -0.387 e. The summed E-state index contributed by atoms with van der Waals surface area (Å²) in [6, 6.07) is 5.58. The summed E-state index contributed by atoms with van der Waals surface area (Å²) >= 11 is 0. The van der Waals surface area contributed by atoms with E-state index in [1.165, 1.54) is 12.8 Å². The van der Waals surface area contributed by atoms with Crippen LogP contribution in [0.4, 0.5) is 11.8 Å². The van der Waals surface area contributed by atoms with Gasteiger partial charge in [0, 0.05) is 49.4 Å². The van der Waals surface area contributed by atoms with E-state index in [0.29, 0.717) is 6.54 Å². The van der Waals surface area contributed by atoms with Crippen molar-refractivity contribution < 1.29 is 5.11 Å². The third-order valence-electron chi connectivity index (χ3n) is 3.78. The molecular weight excluding hydrogens is 278 g/mol. The summed E-state index contributed by atoms with van der Waals surface area (Å²) in [5, 5.41) is 13.4. The summed E-state index contributed by atoms with van der Waals surface area (Å²) in [7, 11) is 0. The fraction of sp³-hybridized carbons (Fsp3) is 0.438. The zero-order valence-corrected chi connectivity index (χ0v) is 12.7. The molecule has 0 aliphatic carbocycles. The second-order valence-electron chi connectivity index (χ2n) is 5.57. The van der Waals surface area contributed by atoms with Crippen LogP contribution in [0.5, 0.6) is 0 Å². The van der Waals surface area contributed by atoms with Gasteiger partial charge in [0.25, 0.3) is 0 Å². The van der Waals surface area contributed by atoms with Crippen molar-refractivity contribution >= 4 is 11.8 Å². The highest BCUT2D eigenvalue weighted by Gasteiger charge is 2.16. The van der Waals surface area contributed by atoms with Crippen molar-refractivity contribution in [3.63, 3.8) is 0 Å². The number of hydrogen-bond donors (Lipinski definition) is 2. The topological polar surface area (TPSA) is 74.2 Å². The lowest BCUT2D eigenvalue weighted by Gasteiger charge is -2.18. The maximum Gasteiger partial charge on any atom is 0.227 e. The number of nitrogens with zero attached hydrogens (tertiary/aromatic N) is 4. The lowest BCUT2D eigenvalue weighted by atomic mass is 10.1. The summed E-state index contributed by atoms with van der Waals surface area (Å²) in [4.78, 5) is 15.3. The van der Waals surface area contributed by atoms with E-state index in [9.17, 15) is 5.11 Å². The fourth-order valence-electron chi connectivity index (χ4n) is 2.59. The molecule has 0 amide bonds. The number of aliphatic hydroxyl groups is 1. The normalized spacial score (nSPS) is 15.8. The van der Waals surface area contributed by atoms with Gasteiger partial charge >= 0.3 is 0 Å². The van der Waals surface area contributed by atoms with Gasteiger partial charge in [0.05, 0.1) is 6.10 Å². The lowest BCUT2D eigenvalue weighted by Crippen LogP contribution is -2.22. The molecule has 3 rings (SSSR count). The quantitative estimate of drug-likeness (QED) is 0.879. The number of anilines is 2. The van der Waals surface area contributed by atoms with Gasteiger partial charge in [-0.3, -0.25) is 4.98 Å². The first-order chi connectivity index (χ1) is 10.7. The molecule has 22 heavy (non-hydrogen) atoms. The predicted octanol–water partition coefficient (Wildman–Crippen LogP) is 1.93. The average Bonchev–Trinajstić information content (AvgIpc) is 3.07. The smallest absolute Gasteiger partial charge is 0.227 e. The van der Waals surface area contributed by atoms with Crippen LogP contribution in [0.15, 0.2) is 30.6 Å². The van der Waals surface area contributed by atoms with Crippen LogP contribution in [0.2, 0.25) is 0 Å². The highest BCUT2D eigenvalue weighted by molar-refractivity contribution is 5.44. The number of aliphatic hydroxyl groups excluding tert-OH is 1. The molecule has 3 heterocycles. The van der Waals surface area contributed by atoms with Gasteiger partial charge in [-0.15, -0.1) is 0 Å². The minimum absolute atomic E-state index is 0.390. The van der Waals surface area contributed by atoms with E-state index in [1.807, 2.05) is 25.1 Å². The van der Waals surface area contributed by atoms with E-state index in [2.05, 4.69) is 25.2 Å². The molecule has 1 aliphatic heterocycles. The third-order valence-corrected chi connectivity index (χ3v) is 3.78. The van der Waals surface area contributed by atoms with Gasteiger partial charge < -0.3 is 15.3 Å². The molecule has 0 radical (unpaired) electrons. The van der Waals surface area contributed by atoms with Crippen LogP contribution in [0.3, 0.4) is 0 Å². The second-order valence-corrected chi connectivity index (χ2v) is 5.57. The monoisotopic (exact) mass is 299 g/mol. The van der Waals surface area contributed by atoms with E-state index >= 15 is 0 Å². The highest BCUT2D eigenvalue weighted by Crippen LogP contribution is 2.19. The molecule has 0 bridgehead atoms. The van der Waals surface area contributed by atoms with Crippen LogP contribution in [-0.2, 0) is 0 Å². The Morgan fingerprint density at radius 2 is 2.14 bits per heavy atom. The summed E-state index contributed by atoms with van der Waals surface area (Å²) in [5.41, 5.74) is 1.72. The maximum atomic E-state index is 10.2. The highest BCUT2D eigenvalue weighted by atomic mass is 16.3. The molecule has 1 atom stereocenters. The summed E-state index contributed by atoms with van der Waals surface area (Å²) in [6.45, 7) is 4.38. The van der Waals surface area contributed by atoms with E-state index in [-0.39, 0.29) is 0 Å². The van der Waals surface area contributed by atoms with Crippen LogP contribution in [0.25, 0.3) is 0 Å². The molecule has 0 spiro atoms. The minimum atomic E-state index is -0.612. The molecule has 2 N–H and O–H groups in total. The van der Waals surface area contributed by atoms with Gasteiger partial charge in [0.1, 0.15) is 5.82 Å². The largest absolute Gasteiger partial charge is 0.387 e. The van der Waals surface area contributed by atoms with Crippen LogP contribution in [0, 0.1) is 6.92 Å². The van der Waals surface area contributed by atoms with Gasteiger partial charge in [-0.1, -0.05) is 6.07 Å². The Hall–Kier alpha value is -2.21. The Morgan fingerprint density at radius 1 is 1.32 bits per heavy atom. The fourth-order valence-corrected chi connectivity index (χ4v) is 2.59. The van der Waals surface area contributed by atoms with Crippen LogP contribution < -0.4 is 10.2 Å². The summed E-state index contributed by atoms with van der Waals surface area (Å²) in [5.74, 6) is 1.52. The third kappa shape index (κ3) is 3.51. The van der Waals surface area contributed by atoms with Gasteiger partial charge in [-0.25, -0.2) is 4.98 Å². The molecule has 6 heteroatoms. The first-order valence-electron chi connectivity index (χ1n) is 7.65. The van der Waals surface area contributed by atoms with Crippen LogP contribution in [0.1, 0.15) is 30.2 Å². The number of aryl methyl sites for hydroxylation is 1. The van der Waals surface area contributed by atoms with Crippen molar-refractivity contribution in [2.75, 3.05) is 29.9 Å². The Balaban J connectivity index is 1.67. The average molecular weight is 299 g/mol. The Morgan fingerprint density at radius 3 is 2.86 bits per heavy atom. The maximum absolute atomic E-state index is 10.2. The van der Waals surface area contributed by atoms with E-state index < -0.39 is 6.10 Å². The van der Waals surface area contributed by atoms with E-state index in [0.717, 1.165) is 36.1 Å². The molecule has 2 aromatic rings. The zero-order valence-electron chi connectivity index (χ0n) is 12.7. The Labute approximate surface area is 130 Å². The van der Waals surface area contributed by atoms with Crippen LogP contribution >= 0.6 is 0 Å².